The van der Waals surface area contributed by atoms with Gasteiger partial charge in [0, 0.05) is 0 Å². The van der Waals surface area contributed by atoms with E-state index in [1.165, 1.54) is 17.3 Å². The fourth-order valence-corrected chi connectivity index (χ4v) is 5.29. The lowest BCUT2D eigenvalue weighted by atomic mass is 9.81. The molecule has 3 aromatic rings. The normalized spacial score (nSPS) is 17.2. The van der Waals surface area contributed by atoms with Crippen LogP contribution in [0, 0.1) is 12.5 Å². The maximum atomic E-state index is 7.27. The lowest BCUT2D eigenvalue weighted by Gasteiger charge is -2.41. The third-order valence-corrected chi connectivity index (χ3v) is 11.4. The van der Waals surface area contributed by atoms with Crippen molar-refractivity contribution in [2.75, 3.05) is 0 Å². The first-order valence-electron chi connectivity index (χ1n) is 11.5. The topological polar surface area (TPSA) is 48.9 Å². The van der Waals surface area contributed by atoms with Gasteiger partial charge in [-0.15, -0.1) is 0 Å². The number of para-hydroxylation sites is 1. The summed E-state index contributed by atoms with van der Waals surface area (Å²) >= 11 is 0. The van der Waals surface area contributed by atoms with E-state index in [-0.39, 0.29) is 22.9 Å². The molecule has 0 amide bonds. The van der Waals surface area contributed by atoms with Gasteiger partial charge in [-0.05, 0) is 78.7 Å². The van der Waals surface area contributed by atoms with Crippen LogP contribution in [0.4, 0.5) is 5.88 Å². The van der Waals surface area contributed by atoms with E-state index in [1.807, 2.05) is 36.4 Å². The molecule has 0 spiro atoms. The highest BCUT2D eigenvalue weighted by molar-refractivity contribution is 6.74. The number of benzene rings is 2. The van der Waals surface area contributed by atoms with Crippen molar-refractivity contribution in [1.82, 2.24) is 4.98 Å². The zero-order valence-corrected chi connectivity index (χ0v) is 21.1. The summed E-state index contributed by atoms with van der Waals surface area (Å²) < 4.78 is 18.7. The molecule has 0 fully saturated rings. The van der Waals surface area contributed by atoms with Gasteiger partial charge in [0.15, 0.2) is 8.32 Å². The summed E-state index contributed by atoms with van der Waals surface area (Å²) in [6.45, 7) is 18.5. The highest BCUT2D eigenvalue weighted by atomic mass is 28.4. The van der Waals surface area contributed by atoms with Gasteiger partial charge in [0.25, 0.3) is 0 Å². The number of hydrogen-bond acceptors (Lipinski definition) is 4. The van der Waals surface area contributed by atoms with Gasteiger partial charge < -0.3 is 13.6 Å². The van der Waals surface area contributed by atoms with Crippen molar-refractivity contribution in [1.29, 1.82) is 0 Å². The van der Waals surface area contributed by atoms with E-state index >= 15 is 0 Å². The number of ether oxygens (including phenoxy) is 1. The van der Waals surface area contributed by atoms with E-state index in [4.69, 9.17) is 20.2 Å². The van der Waals surface area contributed by atoms with E-state index in [0.717, 1.165) is 30.8 Å². The average Bonchev–Trinajstić information content (AvgIpc) is 3.26. The molecular weight excluding hydrogens is 428 g/mol. The Labute approximate surface area is 197 Å². The minimum Gasteiger partial charge on any atom is -0.465 e. The van der Waals surface area contributed by atoms with Crippen LogP contribution < -0.4 is 4.74 Å². The van der Waals surface area contributed by atoms with Crippen LogP contribution in [0.2, 0.25) is 18.1 Å². The van der Waals surface area contributed by atoms with Crippen LogP contribution >= 0.6 is 0 Å². The van der Waals surface area contributed by atoms with Crippen LogP contribution in [0.1, 0.15) is 50.3 Å². The lowest BCUT2D eigenvalue weighted by molar-refractivity contribution is 0.0835. The Morgan fingerprint density at radius 3 is 2.52 bits per heavy atom. The molecule has 4 rings (SSSR count). The van der Waals surface area contributed by atoms with E-state index in [0.29, 0.717) is 5.89 Å². The molecule has 1 aliphatic carbocycles. The van der Waals surface area contributed by atoms with Gasteiger partial charge in [0.1, 0.15) is 17.6 Å². The van der Waals surface area contributed by atoms with Crippen molar-refractivity contribution in [3.8, 4) is 11.5 Å². The summed E-state index contributed by atoms with van der Waals surface area (Å²) in [4.78, 5) is 7.85. The number of oxazole rings is 1. The fraction of sp³-hybridized carbons (Fsp3) is 0.407. The second kappa shape index (κ2) is 9.16. The number of nitrogens with zero attached hydrogens (tertiary/aromatic N) is 2. The molecule has 6 heteroatoms. The minimum absolute atomic E-state index is 0.0662. The van der Waals surface area contributed by atoms with Crippen molar-refractivity contribution >= 4 is 14.2 Å². The number of fused-ring (bicyclic) bond motifs is 1. The Bertz CT molecular complexity index is 1140. The summed E-state index contributed by atoms with van der Waals surface area (Å²) in [5.74, 6) is 2.69. The highest BCUT2D eigenvalue weighted by Gasteiger charge is 2.43. The Kier molecular flexibility index (Phi) is 6.47. The van der Waals surface area contributed by atoms with Gasteiger partial charge in [-0.1, -0.05) is 45.0 Å². The first-order chi connectivity index (χ1) is 15.7. The van der Waals surface area contributed by atoms with Crippen LogP contribution in [0.3, 0.4) is 0 Å². The van der Waals surface area contributed by atoms with Crippen LogP contribution in [0.25, 0.3) is 4.85 Å². The molecule has 0 aliphatic heterocycles. The van der Waals surface area contributed by atoms with Crippen LogP contribution in [0.5, 0.6) is 11.5 Å². The molecular formula is C27H32N2O3Si. The molecule has 1 heterocycles. The van der Waals surface area contributed by atoms with Crippen molar-refractivity contribution in [3.63, 3.8) is 0 Å². The summed E-state index contributed by atoms with van der Waals surface area (Å²) in [5.41, 5.74) is 2.63. The maximum absolute atomic E-state index is 7.27. The molecule has 2 unspecified atom stereocenters. The molecule has 172 valence electrons. The molecule has 0 bridgehead atoms. The van der Waals surface area contributed by atoms with Crippen LogP contribution in [0.15, 0.2) is 59.1 Å². The quantitative estimate of drug-likeness (QED) is 0.277. The largest absolute Gasteiger partial charge is 0.465 e. The Morgan fingerprint density at radius 2 is 1.85 bits per heavy atom. The van der Waals surface area contributed by atoms with Gasteiger partial charge in [-0.25, -0.2) is 4.98 Å². The lowest BCUT2D eigenvalue weighted by Crippen LogP contribution is -2.43. The maximum Gasteiger partial charge on any atom is 0.365 e. The Morgan fingerprint density at radius 1 is 1.09 bits per heavy atom. The van der Waals surface area contributed by atoms with Crippen molar-refractivity contribution in [2.45, 2.75) is 64.3 Å². The van der Waals surface area contributed by atoms with Gasteiger partial charge in [0.05, 0.1) is 12.8 Å². The third kappa shape index (κ3) is 5.21. The smallest absolute Gasteiger partial charge is 0.365 e. The van der Waals surface area contributed by atoms with E-state index in [9.17, 15) is 0 Å². The molecule has 1 aliphatic rings. The zero-order valence-electron chi connectivity index (χ0n) is 20.1. The molecule has 2 atom stereocenters. The SMILES string of the molecule is [C-]#[N+]c1cnc(C(O[Si](C)(C)C(C)(C)C)C2CCc3cc(Oc4ccccc4)ccc3C2)o1. The molecule has 33 heavy (non-hydrogen) atoms. The van der Waals surface area contributed by atoms with Gasteiger partial charge in [0.2, 0.25) is 5.89 Å². The number of aryl methyl sites for hydroxylation is 1. The first-order valence-corrected chi connectivity index (χ1v) is 14.4. The second-order valence-corrected chi connectivity index (χ2v) is 15.1. The Hall–Kier alpha value is -2.88. The minimum atomic E-state index is -2.08. The van der Waals surface area contributed by atoms with Crippen molar-refractivity contribution < 1.29 is 13.6 Å². The molecule has 0 saturated carbocycles. The summed E-state index contributed by atoms with van der Waals surface area (Å²) in [7, 11) is -2.08. The van der Waals surface area contributed by atoms with Gasteiger partial charge in [-0.2, -0.15) is 4.85 Å². The fourth-order valence-electron chi connectivity index (χ4n) is 4.01. The van der Waals surface area contributed by atoms with E-state index in [1.54, 1.807) is 0 Å². The molecule has 1 aromatic heterocycles. The average molecular weight is 461 g/mol. The van der Waals surface area contributed by atoms with E-state index < -0.39 is 8.32 Å². The molecule has 5 nitrogen and oxygen atoms in total. The zero-order chi connectivity index (χ0) is 23.6. The van der Waals surface area contributed by atoms with Crippen LogP contribution in [-0.2, 0) is 17.3 Å². The number of hydrogen-bond donors (Lipinski definition) is 0. The van der Waals surface area contributed by atoms with Gasteiger partial charge >= 0.3 is 5.88 Å². The monoisotopic (exact) mass is 460 g/mol. The predicted molar refractivity (Wildman–Crippen MR) is 132 cm³/mol. The van der Waals surface area contributed by atoms with Crippen molar-refractivity contribution in [2.24, 2.45) is 5.92 Å². The summed E-state index contributed by atoms with van der Waals surface area (Å²) in [6.07, 6.45) is 4.05. The molecule has 2 aromatic carbocycles. The summed E-state index contributed by atoms with van der Waals surface area (Å²) in [6, 6.07) is 16.2. The first kappa shape index (κ1) is 23.3. The van der Waals surface area contributed by atoms with Gasteiger partial charge in [-0.3, -0.25) is 0 Å². The van der Waals surface area contributed by atoms with Crippen molar-refractivity contribution in [3.05, 3.63) is 83.2 Å². The molecule has 0 N–H and O–H groups in total. The Balaban J connectivity index is 1.57. The van der Waals surface area contributed by atoms with Crippen LogP contribution in [-0.4, -0.2) is 13.3 Å². The third-order valence-electron chi connectivity index (χ3n) is 6.94. The molecule has 0 radical (unpaired) electrons. The summed E-state index contributed by atoms with van der Waals surface area (Å²) in [5, 5.41) is 0.0662. The van der Waals surface area contributed by atoms with E-state index in [2.05, 4.69) is 55.8 Å². The number of rotatable bonds is 6. The number of aromatic nitrogens is 1. The highest BCUT2D eigenvalue weighted by Crippen LogP contribution is 2.45. The molecule has 0 saturated heterocycles. The standard InChI is InChI=1S/C27H32N2O3Si/c1-27(2,3)33(5,6)32-25(26-29-18-24(28-4)31-26)21-13-12-20-17-23(15-14-19(20)16-21)30-22-10-8-7-9-11-22/h7-11,14-15,17-18,21,25H,12-13,16H2,1-3,5-6H3. The second-order valence-electron chi connectivity index (χ2n) is 10.3. The predicted octanol–water partition coefficient (Wildman–Crippen LogP) is 7.89.